The maximum absolute atomic E-state index is 9.36. The topological polar surface area (TPSA) is 27.0 Å². The Bertz CT molecular complexity index is 567. The molecule has 0 radical (unpaired) electrons. The molecule has 0 fully saturated rings. The standard InChI is InChI=1S/C17H18N2/c1-19(2)17-10-6-7-14(12-17)11-16(13-18)15-8-4-3-5-9-15/h3-10,12,16H,11H2,1-2H3. The van der Waals surface area contributed by atoms with Crippen molar-refractivity contribution in [3.8, 4) is 6.07 Å². The third-order valence-corrected chi connectivity index (χ3v) is 3.22. The summed E-state index contributed by atoms with van der Waals surface area (Å²) in [6.07, 6.45) is 0.752. The van der Waals surface area contributed by atoms with E-state index in [2.05, 4.69) is 29.2 Å². The molecular formula is C17H18N2. The van der Waals surface area contributed by atoms with E-state index in [9.17, 15) is 5.26 Å². The third kappa shape index (κ3) is 3.35. The van der Waals surface area contributed by atoms with Crippen molar-refractivity contribution < 1.29 is 0 Å². The van der Waals surface area contributed by atoms with E-state index in [1.165, 1.54) is 11.3 Å². The molecule has 0 saturated carbocycles. The molecule has 0 amide bonds. The van der Waals surface area contributed by atoms with Gasteiger partial charge in [-0.15, -0.1) is 0 Å². The van der Waals surface area contributed by atoms with Crippen molar-refractivity contribution in [2.45, 2.75) is 12.3 Å². The van der Waals surface area contributed by atoms with E-state index in [0.717, 1.165) is 12.0 Å². The van der Waals surface area contributed by atoms with E-state index in [0.29, 0.717) is 0 Å². The molecule has 96 valence electrons. The van der Waals surface area contributed by atoms with Crippen LogP contribution in [0.15, 0.2) is 54.6 Å². The van der Waals surface area contributed by atoms with E-state index < -0.39 is 0 Å². The van der Waals surface area contributed by atoms with Crippen molar-refractivity contribution in [1.82, 2.24) is 0 Å². The molecule has 2 nitrogen and oxygen atoms in total. The molecule has 2 rings (SSSR count). The van der Waals surface area contributed by atoms with E-state index in [4.69, 9.17) is 0 Å². The van der Waals surface area contributed by atoms with E-state index in [1.54, 1.807) is 0 Å². The van der Waals surface area contributed by atoms with Gasteiger partial charge in [-0.3, -0.25) is 0 Å². The summed E-state index contributed by atoms with van der Waals surface area (Å²) in [6, 6.07) is 20.7. The van der Waals surface area contributed by atoms with Crippen LogP contribution in [0, 0.1) is 11.3 Å². The molecule has 0 spiro atoms. The smallest absolute Gasteiger partial charge is 0.0753 e. The second-order valence-electron chi connectivity index (χ2n) is 4.86. The van der Waals surface area contributed by atoms with Gasteiger partial charge in [-0.2, -0.15) is 5.26 Å². The fraction of sp³-hybridized carbons (Fsp3) is 0.235. The van der Waals surface area contributed by atoms with Gasteiger partial charge in [0, 0.05) is 19.8 Å². The highest BCUT2D eigenvalue weighted by Gasteiger charge is 2.11. The number of nitrogens with zero attached hydrogens (tertiary/aromatic N) is 2. The molecule has 0 N–H and O–H groups in total. The zero-order valence-electron chi connectivity index (χ0n) is 11.4. The Morgan fingerprint density at radius 1 is 1.05 bits per heavy atom. The number of rotatable bonds is 4. The van der Waals surface area contributed by atoms with Crippen LogP contribution in [-0.4, -0.2) is 14.1 Å². The van der Waals surface area contributed by atoms with Crippen LogP contribution in [0.4, 0.5) is 5.69 Å². The Morgan fingerprint density at radius 3 is 2.42 bits per heavy atom. The molecule has 0 bridgehead atoms. The summed E-state index contributed by atoms with van der Waals surface area (Å²) in [5.74, 6) is -0.0846. The maximum Gasteiger partial charge on any atom is 0.0753 e. The molecule has 0 aromatic heterocycles. The quantitative estimate of drug-likeness (QED) is 0.829. The summed E-state index contributed by atoms with van der Waals surface area (Å²) in [4.78, 5) is 2.08. The van der Waals surface area contributed by atoms with Gasteiger partial charge in [0.2, 0.25) is 0 Å². The average molecular weight is 250 g/mol. The van der Waals surface area contributed by atoms with Gasteiger partial charge >= 0.3 is 0 Å². The van der Waals surface area contributed by atoms with Crippen LogP contribution < -0.4 is 4.90 Å². The Kier molecular flexibility index (Phi) is 4.20. The summed E-state index contributed by atoms with van der Waals surface area (Å²) in [5, 5.41) is 9.36. The van der Waals surface area contributed by atoms with Gasteiger partial charge in [0.05, 0.1) is 12.0 Å². The Morgan fingerprint density at radius 2 is 1.79 bits per heavy atom. The largest absolute Gasteiger partial charge is 0.378 e. The summed E-state index contributed by atoms with van der Waals surface area (Å²) in [6.45, 7) is 0. The van der Waals surface area contributed by atoms with Crippen LogP contribution in [-0.2, 0) is 6.42 Å². The highest BCUT2D eigenvalue weighted by Crippen LogP contribution is 2.22. The predicted molar refractivity (Wildman–Crippen MR) is 79.3 cm³/mol. The fourth-order valence-electron chi connectivity index (χ4n) is 2.12. The average Bonchev–Trinajstić information content (AvgIpc) is 2.46. The molecule has 1 atom stereocenters. The van der Waals surface area contributed by atoms with Gasteiger partial charge < -0.3 is 4.90 Å². The van der Waals surface area contributed by atoms with Crippen molar-refractivity contribution in [3.05, 3.63) is 65.7 Å². The minimum Gasteiger partial charge on any atom is -0.378 e. The van der Waals surface area contributed by atoms with Crippen molar-refractivity contribution in [1.29, 1.82) is 5.26 Å². The van der Waals surface area contributed by atoms with Crippen LogP contribution in [0.1, 0.15) is 17.0 Å². The van der Waals surface area contributed by atoms with Gasteiger partial charge in [0.25, 0.3) is 0 Å². The monoisotopic (exact) mass is 250 g/mol. The molecule has 1 unspecified atom stereocenters. The predicted octanol–water partition coefficient (Wildman–Crippen LogP) is 3.60. The highest BCUT2D eigenvalue weighted by atomic mass is 15.1. The fourth-order valence-corrected chi connectivity index (χ4v) is 2.12. The lowest BCUT2D eigenvalue weighted by Crippen LogP contribution is -2.09. The van der Waals surface area contributed by atoms with Crippen LogP contribution in [0.5, 0.6) is 0 Å². The van der Waals surface area contributed by atoms with Crippen molar-refractivity contribution >= 4 is 5.69 Å². The Balaban J connectivity index is 2.20. The zero-order chi connectivity index (χ0) is 13.7. The minimum atomic E-state index is -0.0846. The number of hydrogen-bond donors (Lipinski definition) is 0. The lowest BCUT2D eigenvalue weighted by atomic mass is 9.93. The van der Waals surface area contributed by atoms with Crippen molar-refractivity contribution in [2.75, 3.05) is 19.0 Å². The van der Waals surface area contributed by atoms with Gasteiger partial charge in [-0.05, 0) is 29.7 Å². The zero-order valence-corrected chi connectivity index (χ0v) is 11.4. The molecule has 19 heavy (non-hydrogen) atoms. The van der Waals surface area contributed by atoms with Gasteiger partial charge in [0.15, 0.2) is 0 Å². The number of hydrogen-bond acceptors (Lipinski definition) is 2. The van der Waals surface area contributed by atoms with Crippen LogP contribution >= 0.6 is 0 Å². The molecule has 0 heterocycles. The van der Waals surface area contributed by atoms with Crippen LogP contribution in [0.25, 0.3) is 0 Å². The van der Waals surface area contributed by atoms with Crippen LogP contribution in [0.2, 0.25) is 0 Å². The van der Waals surface area contributed by atoms with Crippen LogP contribution in [0.3, 0.4) is 0 Å². The molecule has 2 heteroatoms. The first-order valence-electron chi connectivity index (χ1n) is 6.41. The van der Waals surface area contributed by atoms with Gasteiger partial charge in [-0.25, -0.2) is 0 Å². The van der Waals surface area contributed by atoms with Crippen molar-refractivity contribution in [2.24, 2.45) is 0 Å². The second-order valence-corrected chi connectivity index (χ2v) is 4.86. The number of anilines is 1. The number of nitriles is 1. The molecule has 2 aromatic carbocycles. The lowest BCUT2D eigenvalue weighted by Gasteiger charge is -2.15. The van der Waals surface area contributed by atoms with Crippen molar-refractivity contribution in [3.63, 3.8) is 0 Å². The highest BCUT2D eigenvalue weighted by molar-refractivity contribution is 5.47. The second kappa shape index (κ2) is 6.06. The molecule has 2 aromatic rings. The summed E-state index contributed by atoms with van der Waals surface area (Å²) >= 11 is 0. The molecule has 0 aliphatic rings. The lowest BCUT2D eigenvalue weighted by molar-refractivity contribution is 0.848. The maximum atomic E-state index is 9.36. The minimum absolute atomic E-state index is 0.0846. The first-order chi connectivity index (χ1) is 9.20. The molecule has 0 aliphatic heterocycles. The van der Waals surface area contributed by atoms with E-state index in [-0.39, 0.29) is 5.92 Å². The van der Waals surface area contributed by atoms with Gasteiger partial charge in [0.1, 0.15) is 0 Å². The molecule has 0 aliphatic carbocycles. The van der Waals surface area contributed by atoms with E-state index in [1.807, 2.05) is 50.5 Å². The first kappa shape index (κ1) is 13.2. The Labute approximate surface area is 114 Å². The summed E-state index contributed by atoms with van der Waals surface area (Å²) in [5.41, 5.74) is 3.45. The normalized spacial score (nSPS) is 11.6. The summed E-state index contributed by atoms with van der Waals surface area (Å²) < 4.78 is 0. The van der Waals surface area contributed by atoms with E-state index >= 15 is 0 Å². The Hall–Kier alpha value is -2.27. The number of benzene rings is 2. The SMILES string of the molecule is CN(C)c1cccc(CC(C#N)c2ccccc2)c1. The molecule has 0 saturated heterocycles. The third-order valence-electron chi connectivity index (χ3n) is 3.22. The summed E-state index contributed by atoms with van der Waals surface area (Å²) in [7, 11) is 4.05. The molecular weight excluding hydrogens is 232 g/mol. The first-order valence-corrected chi connectivity index (χ1v) is 6.41. The van der Waals surface area contributed by atoms with Gasteiger partial charge in [-0.1, -0.05) is 42.5 Å².